The lowest BCUT2D eigenvalue weighted by Gasteiger charge is -2.08. The zero-order chi connectivity index (χ0) is 8.81. The van der Waals surface area contributed by atoms with E-state index < -0.39 is 6.10 Å². The first-order valence-corrected chi connectivity index (χ1v) is 3.74. The molecule has 1 heterocycles. The summed E-state index contributed by atoms with van der Waals surface area (Å²) in [6.07, 6.45) is 2.64. The lowest BCUT2D eigenvalue weighted by Crippen LogP contribution is -2.26. The minimum atomic E-state index is -0.606. The highest BCUT2D eigenvalue weighted by molar-refractivity contribution is 5.15. The van der Waals surface area contributed by atoms with E-state index in [1.54, 1.807) is 24.5 Å². The Balaban J connectivity index is 2.33. The first-order chi connectivity index (χ1) is 5.83. The predicted molar refractivity (Wildman–Crippen MR) is 44.8 cm³/mol. The molecule has 12 heavy (non-hydrogen) atoms. The summed E-state index contributed by atoms with van der Waals surface area (Å²) in [4.78, 5) is 3.85. The highest BCUT2D eigenvalue weighted by Gasteiger charge is 2.00. The Labute approximate surface area is 71.0 Å². The number of rotatable bonds is 4. The van der Waals surface area contributed by atoms with Crippen molar-refractivity contribution in [2.75, 3.05) is 13.2 Å². The second kappa shape index (κ2) is 4.69. The molecule has 1 atom stereocenters. The van der Waals surface area contributed by atoms with Crippen LogP contribution in [0.25, 0.3) is 0 Å². The number of pyridine rings is 1. The van der Waals surface area contributed by atoms with Crippen LogP contribution in [0.2, 0.25) is 0 Å². The molecule has 0 radical (unpaired) electrons. The van der Waals surface area contributed by atoms with E-state index in [1.165, 1.54) is 0 Å². The minimum absolute atomic E-state index is 0.209. The molecule has 1 unspecified atom stereocenters. The average molecular weight is 168 g/mol. The molecular formula is C8H12N2O2. The van der Waals surface area contributed by atoms with Gasteiger partial charge in [0.25, 0.3) is 0 Å². The number of hydrogen-bond acceptors (Lipinski definition) is 4. The van der Waals surface area contributed by atoms with Crippen molar-refractivity contribution in [3.8, 4) is 5.75 Å². The standard InChI is InChI=1S/C8H12N2O2/c9-4-7(11)6-12-8-2-1-3-10-5-8/h1-3,5,7,11H,4,6,9H2. The maximum atomic E-state index is 9.05. The molecule has 0 fully saturated rings. The van der Waals surface area contributed by atoms with Gasteiger partial charge >= 0.3 is 0 Å². The Hall–Kier alpha value is -1.13. The second-order valence-electron chi connectivity index (χ2n) is 2.39. The predicted octanol–water partition coefficient (Wildman–Crippen LogP) is -0.220. The molecule has 0 amide bonds. The van der Waals surface area contributed by atoms with Crippen LogP contribution in [0.4, 0.5) is 0 Å². The van der Waals surface area contributed by atoms with Gasteiger partial charge in [-0.25, -0.2) is 0 Å². The Morgan fingerprint density at radius 3 is 3.08 bits per heavy atom. The molecule has 66 valence electrons. The molecule has 1 aromatic rings. The van der Waals surface area contributed by atoms with E-state index in [-0.39, 0.29) is 13.2 Å². The monoisotopic (exact) mass is 168 g/mol. The molecule has 0 spiro atoms. The quantitative estimate of drug-likeness (QED) is 0.652. The van der Waals surface area contributed by atoms with Crippen LogP contribution in [0, 0.1) is 0 Å². The number of aliphatic hydroxyl groups excluding tert-OH is 1. The van der Waals surface area contributed by atoms with Crippen molar-refractivity contribution >= 4 is 0 Å². The van der Waals surface area contributed by atoms with Gasteiger partial charge in [-0.05, 0) is 12.1 Å². The lowest BCUT2D eigenvalue weighted by atomic mass is 10.4. The van der Waals surface area contributed by atoms with E-state index >= 15 is 0 Å². The molecule has 0 aliphatic rings. The Kier molecular flexibility index (Phi) is 3.50. The lowest BCUT2D eigenvalue weighted by molar-refractivity contribution is 0.114. The smallest absolute Gasteiger partial charge is 0.137 e. The van der Waals surface area contributed by atoms with E-state index in [2.05, 4.69) is 4.98 Å². The van der Waals surface area contributed by atoms with Gasteiger partial charge in [-0.2, -0.15) is 0 Å². The van der Waals surface area contributed by atoms with Crippen molar-refractivity contribution in [3.63, 3.8) is 0 Å². The van der Waals surface area contributed by atoms with Gasteiger partial charge in [-0.1, -0.05) is 0 Å². The van der Waals surface area contributed by atoms with E-state index in [1.807, 2.05) is 0 Å². The number of hydrogen-bond donors (Lipinski definition) is 2. The van der Waals surface area contributed by atoms with Crippen molar-refractivity contribution in [1.82, 2.24) is 4.98 Å². The van der Waals surface area contributed by atoms with E-state index in [4.69, 9.17) is 15.6 Å². The fraction of sp³-hybridized carbons (Fsp3) is 0.375. The zero-order valence-corrected chi connectivity index (χ0v) is 6.68. The maximum Gasteiger partial charge on any atom is 0.137 e. The van der Waals surface area contributed by atoms with Crippen LogP contribution >= 0.6 is 0 Å². The molecule has 0 bridgehead atoms. The molecule has 0 aliphatic carbocycles. The van der Waals surface area contributed by atoms with Gasteiger partial charge in [0, 0.05) is 12.7 Å². The highest BCUT2D eigenvalue weighted by atomic mass is 16.5. The first kappa shape index (κ1) is 8.96. The van der Waals surface area contributed by atoms with Crippen molar-refractivity contribution in [1.29, 1.82) is 0 Å². The molecule has 4 heteroatoms. The van der Waals surface area contributed by atoms with Crippen molar-refractivity contribution in [3.05, 3.63) is 24.5 Å². The Morgan fingerprint density at radius 2 is 2.50 bits per heavy atom. The normalized spacial score (nSPS) is 12.5. The van der Waals surface area contributed by atoms with Crippen LogP contribution in [-0.4, -0.2) is 29.3 Å². The zero-order valence-electron chi connectivity index (χ0n) is 6.68. The van der Waals surface area contributed by atoms with E-state index in [0.29, 0.717) is 5.75 Å². The molecule has 1 rings (SSSR count). The van der Waals surface area contributed by atoms with Crippen molar-refractivity contribution in [2.24, 2.45) is 5.73 Å². The molecule has 0 aromatic carbocycles. The summed E-state index contributed by atoms with van der Waals surface area (Å²) in [5.74, 6) is 0.644. The summed E-state index contributed by atoms with van der Waals surface area (Å²) < 4.78 is 5.17. The summed E-state index contributed by atoms with van der Waals surface area (Å²) in [6, 6.07) is 3.54. The van der Waals surface area contributed by atoms with Crippen LogP contribution in [0.5, 0.6) is 5.75 Å². The minimum Gasteiger partial charge on any atom is -0.489 e. The van der Waals surface area contributed by atoms with Gasteiger partial charge in [-0.15, -0.1) is 0 Å². The molecule has 1 aromatic heterocycles. The summed E-state index contributed by atoms with van der Waals surface area (Å²) >= 11 is 0. The van der Waals surface area contributed by atoms with Crippen LogP contribution in [0.15, 0.2) is 24.5 Å². The average Bonchev–Trinajstić information content (AvgIpc) is 2.16. The maximum absolute atomic E-state index is 9.05. The number of aromatic nitrogens is 1. The molecule has 3 N–H and O–H groups in total. The summed E-state index contributed by atoms with van der Waals surface area (Å²) in [5, 5.41) is 9.05. The first-order valence-electron chi connectivity index (χ1n) is 3.74. The van der Waals surface area contributed by atoms with Gasteiger partial charge in [0.15, 0.2) is 0 Å². The molecular weight excluding hydrogens is 156 g/mol. The Morgan fingerprint density at radius 1 is 1.67 bits per heavy atom. The summed E-state index contributed by atoms with van der Waals surface area (Å²) in [7, 11) is 0. The van der Waals surface area contributed by atoms with Crippen LogP contribution in [0.1, 0.15) is 0 Å². The van der Waals surface area contributed by atoms with Gasteiger partial charge in [0.2, 0.25) is 0 Å². The van der Waals surface area contributed by atoms with Crippen LogP contribution < -0.4 is 10.5 Å². The highest BCUT2D eigenvalue weighted by Crippen LogP contribution is 2.05. The number of nitrogens with zero attached hydrogens (tertiary/aromatic N) is 1. The van der Waals surface area contributed by atoms with Gasteiger partial charge in [-0.3, -0.25) is 4.98 Å². The van der Waals surface area contributed by atoms with Crippen LogP contribution in [0.3, 0.4) is 0 Å². The third-order valence-corrected chi connectivity index (χ3v) is 1.35. The molecule has 0 saturated heterocycles. The van der Waals surface area contributed by atoms with Crippen molar-refractivity contribution in [2.45, 2.75) is 6.10 Å². The van der Waals surface area contributed by atoms with E-state index in [0.717, 1.165) is 0 Å². The molecule has 4 nitrogen and oxygen atoms in total. The Bertz CT molecular complexity index is 216. The number of nitrogens with two attached hydrogens (primary N) is 1. The number of ether oxygens (including phenoxy) is 1. The largest absolute Gasteiger partial charge is 0.489 e. The molecule has 0 saturated carbocycles. The topological polar surface area (TPSA) is 68.4 Å². The SMILES string of the molecule is NCC(O)COc1cccnc1. The summed E-state index contributed by atoms with van der Waals surface area (Å²) in [6.45, 7) is 0.419. The third-order valence-electron chi connectivity index (χ3n) is 1.35. The van der Waals surface area contributed by atoms with Gasteiger partial charge in [0.05, 0.1) is 6.20 Å². The third kappa shape index (κ3) is 2.86. The van der Waals surface area contributed by atoms with Crippen LogP contribution in [-0.2, 0) is 0 Å². The fourth-order valence-corrected chi connectivity index (χ4v) is 0.693. The molecule has 0 aliphatic heterocycles. The summed E-state index contributed by atoms with van der Waals surface area (Å²) in [5.41, 5.74) is 5.19. The second-order valence-corrected chi connectivity index (χ2v) is 2.39. The van der Waals surface area contributed by atoms with E-state index in [9.17, 15) is 0 Å². The number of aliphatic hydroxyl groups is 1. The fourth-order valence-electron chi connectivity index (χ4n) is 0.693. The van der Waals surface area contributed by atoms with Gasteiger partial charge < -0.3 is 15.6 Å². The van der Waals surface area contributed by atoms with Gasteiger partial charge in [0.1, 0.15) is 18.5 Å². The van der Waals surface area contributed by atoms with Crippen molar-refractivity contribution < 1.29 is 9.84 Å².